The Kier molecular flexibility index (Phi) is 3.54. The molecule has 2 N–H and O–H groups in total. The number of halogens is 1. The zero-order valence-electron chi connectivity index (χ0n) is 10.1. The molecule has 0 spiro atoms. The van der Waals surface area contributed by atoms with Gasteiger partial charge in [0.1, 0.15) is 11.1 Å². The van der Waals surface area contributed by atoms with Gasteiger partial charge in [0.2, 0.25) is 5.28 Å². The van der Waals surface area contributed by atoms with E-state index in [0.29, 0.717) is 12.1 Å². The van der Waals surface area contributed by atoms with Crippen LogP contribution in [0, 0.1) is 0 Å². The molecule has 0 saturated carbocycles. The zero-order valence-corrected chi connectivity index (χ0v) is 10.9. The fraction of sp³-hybridized carbons (Fsp3) is 0.333. The van der Waals surface area contributed by atoms with Crippen LogP contribution in [0.1, 0.15) is 6.92 Å². The molecule has 0 radical (unpaired) electrons. The minimum Gasteiger partial charge on any atom is -0.507 e. The first-order chi connectivity index (χ1) is 8.54. The quantitative estimate of drug-likeness (QED) is 0.824. The van der Waals surface area contributed by atoms with Crippen molar-refractivity contribution in [1.82, 2.24) is 14.9 Å². The molecule has 1 aromatic heterocycles. The largest absolute Gasteiger partial charge is 0.507 e. The van der Waals surface area contributed by atoms with Crippen molar-refractivity contribution in [3.63, 3.8) is 0 Å². The van der Waals surface area contributed by atoms with Crippen LogP contribution in [-0.4, -0.2) is 27.7 Å². The lowest BCUT2D eigenvalue weighted by Crippen LogP contribution is -2.33. The van der Waals surface area contributed by atoms with Gasteiger partial charge < -0.3 is 10.4 Å². The van der Waals surface area contributed by atoms with E-state index in [1.54, 1.807) is 19.2 Å². The second-order valence-electron chi connectivity index (χ2n) is 4.16. The van der Waals surface area contributed by atoms with Crippen LogP contribution in [0.25, 0.3) is 10.9 Å². The lowest BCUT2D eigenvalue weighted by molar-refractivity contribution is 0.477. The molecule has 0 amide bonds. The molecule has 0 bridgehead atoms. The molecule has 0 aliphatic heterocycles. The maximum Gasteiger partial charge on any atom is 0.266 e. The standard InChI is InChI=1S/C12H14ClN3O2/c1-7(14-2)6-16-11(18)10-8(15-12(16)13)4-3-5-9(10)17/h3-5,7,14,17H,6H2,1-2H3. The number of benzene rings is 1. The summed E-state index contributed by atoms with van der Waals surface area (Å²) in [5.74, 6) is -0.0764. The Morgan fingerprint density at radius 2 is 2.28 bits per heavy atom. The Morgan fingerprint density at radius 3 is 2.94 bits per heavy atom. The molecule has 5 nitrogen and oxygen atoms in total. The molecule has 0 aliphatic rings. The van der Waals surface area contributed by atoms with Crippen LogP contribution >= 0.6 is 11.6 Å². The second kappa shape index (κ2) is 4.96. The monoisotopic (exact) mass is 267 g/mol. The Morgan fingerprint density at radius 1 is 1.56 bits per heavy atom. The van der Waals surface area contributed by atoms with Gasteiger partial charge in [-0.3, -0.25) is 9.36 Å². The third-order valence-corrected chi connectivity index (χ3v) is 3.15. The molecule has 2 rings (SSSR count). The summed E-state index contributed by atoms with van der Waals surface area (Å²) in [5, 5.41) is 13.1. The Balaban J connectivity index is 2.68. The highest BCUT2D eigenvalue weighted by Gasteiger charge is 2.13. The summed E-state index contributed by atoms with van der Waals surface area (Å²) >= 11 is 6.00. The van der Waals surface area contributed by atoms with E-state index in [-0.39, 0.29) is 28.0 Å². The number of aromatic hydroxyl groups is 1. The lowest BCUT2D eigenvalue weighted by Gasteiger charge is -2.14. The van der Waals surface area contributed by atoms with Gasteiger partial charge in [-0.1, -0.05) is 6.07 Å². The van der Waals surface area contributed by atoms with Crippen LogP contribution in [0.4, 0.5) is 0 Å². The first-order valence-electron chi connectivity index (χ1n) is 5.60. The van der Waals surface area contributed by atoms with Crippen molar-refractivity contribution in [2.75, 3.05) is 7.05 Å². The van der Waals surface area contributed by atoms with Gasteiger partial charge in [-0.05, 0) is 37.7 Å². The fourth-order valence-electron chi connectivity index (χ4n) is 1.74. The highest BCUT2D eigenvalue weighted by Crippen LogP contribution is 2.20. The van der Waals surface area contributed by atoms with Crippen molar-refractivity contribution >= 4 is 22.5 Å². The average Bonchev–Trinajstić information content (AvgIpc) is 2.33. The minimum absolute atomic E-state index is 0.0744. The molecule has 0 fully saturated rings. The first-order valence-corrected chi connectivity index (χ1v) is 5.97. The smallest absolute Gasteiger partial charge is 0.266 e. The summed E-state index contributed by atoms with van der Waals surface area (Å²) < 4.78 is 1.35. The molecule has 0 aliphatic carbocycles. The van der Waals surface area contributed by atoms with Crippen LogP contribution in [0.15, 0.2) is 23.0 Å². The van der Waals surface area contributed by atoms with Gasteiger partial charge in [0.25, 0.3) is 5.56 Å². The van der Waals surface area contributed by atoms with E-state index in [1.165, 1.54) is 10.6 Å². The van der Waals surface area contributed by atoms with Gasteiger partial charge in [0.05, 0.1) is 5.52 Å². The maximum atomic E-state index is 12.3. The number of rotatable bonds is 3. The van der Waals surface area contributed by atoms with Crippen LogP contribution in [0.3, 0.4) is 0 Å². The van der Waals surface area contributed by atoms with Gasteiger partial charge in [0.15, 0.2) is 0 Å². The van der Waals surface area contributed by atoms with Crippen LogP contribution in [0.5, 0.6) is 5.75 Å². The molecule has 2 aromatic rings. The van der Waals surface area contributed by atoms with Crippen molar-refractivity contribution < 1.29 is 5.11 Å². The number of nitrogens with one attached hydrogen (secondary N) is 1. The number of hydrogen-bond acceptors (Lipinski definition) is 4. The predicted octanol–water partition coefficient (Wildman–Crippen LogP) is 1.36. The summed E-state index contributed by atoms with van der Waals surface area (Å²) in [6, 6.07) is 4.81. The molecule has 1 unspecified atom stereocenters. The van der Waals surface area contributed by atoms with E-state index in [4.69, 9.17) is 11.6 Å². The highest BCUT2D eigenvalue weighted by atomic mass is 35.5. The summed E-state index contributed by atoms with van der Waals surface area (Å²) in [5.41, 5.74) is 0.0727. The third kappa shape index (κ3) is 2.19. The first kappa shape index (κ1) is 12.9. The van der Waals surface area contributed by atoms with E-state index in [0.717, 1.165) is 0 Å². The van der Waals surface area contributed by atoms with Crippen LogP contribution in [-0.2, 0) is 6.54 Å². The van der Waals surface area contributed by atoms with Crippen LogP contribution in [0.2, 0.25) is 5.28 Å². The molecular weight excluding hydrogens is 254 g/mol. The van der Waals surface area contributed by atoms with Crippen LogP contribution < -0.4 is 10.9 Å². The van der Waals surface area contributed by atoms with E-state index < -0.39 is 0 Å². The number of phenolic OH excluding ortho intramolecular Hbond substituents is 1. The molecular formula is C12H14ClN3O2. The highest BCUT2D eigenvalue weighted by molar-refractivity contribution is 6.28. The predicted molar refractivity (Wildman–Crippen MR) is 71.2 cm³/mol. The summed E-state index contributed by atoms with van der Waals surface area (Å²) in [6.07, 6.45) is 0. The molecule has 6 heteroatoms. The average molecular weight is 268 g/mol. The minimum atomic E-state index is -0.329. The Labute approximate surface area is 109 Å². The Hall–Kier alpha value is -1.59. The molecule has 96 valence electrons. The molecule has 1 heterocycles. The third-order valence-electron chi connectivity index (χ3n) is 2.86. The second-order valence-corrected chi connectivity index (χ2v) is 4.50. The van der Waals surface area contributed by atoms with Gasteiger partial charge in [0, 0.05) is 12.6 Å². The lowest BCUT2D eigenvalue weighted by atomic mass is 10.2. The van der Waals surface area contributed by atoms with Gasteiger partial charge in [-0.2, -0.15) is 0 Å². The van der Waals surface area contributed by atoms with E-state index in [1.807, 2.05) is 6.92 Å². The van der Waals surface area contributed by atoms with Gasteiger partial charge >= 0.3 is 0 Å². The van der Waals surface area contributed by atoms with Gasteiger partial charge in [-0.15, -0.1) is 0 Å². The van der Waals surface area contributed by atoms with E-state index in [2.05, 4.69) is 10.3 Å². The van der Waals surface area contributed by atoms with Crippen molar-refractivity contribution in [2.45, 2.75) is 19.5 Å². The molecule has 1 atom stereocenters. The van der Waals surface area contributed by atoms with E-state index >= 15 is 0 Å². The normalized spacial score (nSPS) is 12.8. The number of phenols is 1. The number of fused-ring (bicyclic) bond motifs is 1. The van der Waals surface area contributed by atoms with E-state index in [9.17, 15) is 9.90 Å². The topological polar surface area (TPSA) is 67.2 Å². The maximum absolute atomic E-state index is 12.3. The summed E-state index contributed by atoms with van der Waals surface area (Å²) in [4.78, 5) is 16.4. The molecule has 0 saturated heterocycles. The zero-order chi connectivity index (χ0) is 13.3. The fourth-order valence-corrected chi connectivity index (χ4v) is 1.98. The van der Waals surface area contributed by atoms with Crippen molar-refractivity contribution in [3.8, 4) is 5.75 Å². The van der Waals surface area contributed by atoms with Crippen molar-refractivity contribution in [1.29, 1.82) is 0 Å². The van der Waals surface area contributed by atoms with Crippen molar-refractivity contribution in [3.05, 3.63) is 33.8 Å². The van der Waals surface area contributed by atoms with Crippen molar-refractivity contribution in [2.24, 2.45) is 0 Å². The number of hydrogen-bond donors (Lipinski definition) is 2. The molecule has 1 aromatic carbocycles. The van der Waals surface area contributed by atoms with Gasteiger partial charge in [-0.25, -0.2) is 4.98 Å². The molecule has 18 heavy (non-hydrogen) atoms. The number of likely N-dealkylation sites (N-methyl/N-ethyl adjacent to an activating group) is 1. The summed E-state index contributed by atoms with van der Waals surface area (Å²) in [7, 11) is 1.80. The number of nitrogens with zero attached hydrogens (tertiary/aromatic N) is 2. The Bertz CT molecular complexity index is 639. The SMILES string of the molecule is CNC(C)Cn1c(Cl)nc2cccc(O)c2c1=O. The summed E-state index contributed by atoms with van der Waals surface area (Å²) in [6.45, 7) is 2.32. The number of aromatic nitrogens is 2.